The topological polar surface area (TPSA) is 66.9 Å². The third kappa shape index (κ3) is 5.29. The zero-order chi connectivity index (χ0) is 18.2. The molecule has 0 unspecified atom stereocenters. The summed E-state index contributed by atoms with van der Waals surface area (Å²) in [6.45, 7) is 1.12. The molecule has 0 spiro atoms. The Kier molecular flexibility index (Phi) is 6.17. The maximum atomic E-state index is 12.3. The van der Waals surface area contributed by atoms with Crippen LogP contribution >= 0.6 is 11.6 Å². The first-order valence-electron chi connectivity index (χ1n) is 8.33. The fourth-order valence-corrected chi connectivity index (χ4v) is 2.55. The van der Waals surface area contributed by atoms with E-state index in [1.54, 1.807) is 18.5 Å². The van der Waals surface area contributed by atoms with Gasteiger partial charge in [0.15, 0.2) is 0 Å². The van der Waals surface area contributed by atoms with E-state index in [9.17, 15) is 4.79 Å². The van der Waals surface area contributed by atoms with E-state index in [4.69, 9.17) is 11.6 Å². The van der Waals surface area contributed by atoms with Gasteiger partial charge in [-0.3, -0.25) is 14.8 Å². The molecule has 26 heavy (non-hydrogen) atoms. The van der Waals surface area contributed by atoms with Crippen molar-refractivity contribution in [3.8, 4) is 0 Å². The second-order valence-electron chi connectivity index (χ2n) is 5.74. The third-order valence-electron chi connectivity index (χ3n) is 3.80. The minimum atomic E-state index is -0.194. The largest absolute Gasteiger partial charge is 0.379 e. The van der Waals surface area contributed by atoms with Gasteiger partial charge in [0.2, 0.25) is 0 Å². The average molecular weight is 367 g/mol. The van der Waals surface area contributed by atoms with Crippen molar-refractivity contribution in [2.24, 2.45) is 0 Å². The number of halogens is 1. The Morgan fingerprint density at radius 2 is 1.85 bits per heavy atom. The lowest BCUT2D eigenvalue weighted by atomic mass is 10.1. The summed E-state index contributed by atoms with van der Waals surface area (Å²) < 4.78 is 0. The van der Waals surface area contributed by atoms with Gasteiger partial charge in [0, 0.05) is 29.6 Å². The first-order chi connectivity index (χ1) is 12.7. The Morgan fingerprint density at radius 1 is 1.00 bits per heavy atom. The number of carbonyl (C=O) groups excluding carboxylic acids is 1. The zero-order valence-corrected chi connectivity index (χ0v) is 14.9. The van der Waals surface area contributed by atoms with Crippen molar-refractivity contribution in [3.05, 3.63) is 89.0 Å². The van der Waals surface area contributed by atoms with Crippen LogP contribution < -0.4 is 10.6 Å². The van der Waals surface area contributed by atoms with Gasteiger partial charge in [-0.1, -0.05) is 29.8 Å². The van der Waals surface area contributed by atoms with Crippen LogP contribution in [0, 0.1) is 0 Å². The number of carbonyl (C=O) groups is 1. The predicted molar refractivity (Wildman–Crippen MR) is 103 cm³/mol. The van der Waals surface area contributed by atoms with Gasteiger partial charge in [-0.15, -0.1) is 0 Å². The van der Waals surface area contributed by atoms with Crippen molar-refractivity contribution < 1.29 is 4.79 Å². The Labute approximate surface area is 157 Å². The van der Waals surface area contributed by atoms with Crippen LogP contribution in [0.1, 0.15) is 21.7 Å². The smallest absolute Gasteiger partial charge is 0.269 e. The van der Waals surface area contributed by atoms with Crippen molar-refractivity contribution in [1.82, 2.24) is 15.3 Å². The van der Waals surface area contributed by atoms with Crippen molar-refractivity contribution in [2.75, 3.05) is 11.9 Å². The van der Waals surface area contributed by atoms with Crippen LogP contribution in [0.4, 0.5) is 5.69 Å². The average Bonchev–Trinajstić information content (AvgIpc) is 2.69. The second-order valence-corrected chi connectivity index (χ2v) is 6.17. The van der Waals surface area contributed by atoms with Gasteiger partial charge < -0.3 is 10.6 Å². The summed E-state index contributed by atoms with van der Waals surface area (Å²) in [6.07, 6.45) is 4.11. The molecule has 0 aliphatic rings. The SMILES string of the molecule is O=C(NCCc1ccc(Cl)cc1)c1cc(NCc2ccccn2)ccn1. The number of benzene rings is 1. The molecule has 3 aromatic rings. The minimum absolute atomic E-state index is 0.194. The normalized spacial score (nSPS) is 10.3. The van der Waals surface area contributed by atoms with E-state index >= 15 is 0 Å². The summed E-state index contributed by atoms with van der Waals surface area (Å²) >= 11 is 5.87. The number of aromatic nitrogens is 2. The van der Waals surface area contributed by atoms with E-state index < -0.39 is 0 Å². The van der Waals surface area contributed by atoms with Crippen molar-refractivity contribution in [1.29, 1.82) is 0 Å². The van der Waals surface area contributed by atoms with E-state index in [0.29, 0.717) is 23.8 Å². The lowest BCUT2D eigenvalue weighted by Crippen LogP contribution is -2.26. The molecule has 0 bridgehead atoms. The van der Waals surface area contributed by atoms with Gasteiger partial charge in [-0.2, -0.15) is 0 Å². The molecule has 3 rings (SSSR count). The van der Waals surface area contributed by atoms with Crippen LogP contribution in [0.3, 0.4) is 0 Å². The van der Waals surface area contributed by atoms with Crippen LogP contribution in [0.5, 0.6) is 0 Å². The number of nitrogens with zero attached hydrogens (tertiary/aromatic N) is 2. The highest BCUT2D eigenvalue weighted by Gasteiger charge is 2.07. The summed E-state index contributed by atoms with van der Waals surface area (Å²) in [7, 11) is 0. The Morgan fingerprint density at radius 3 is 2.62 bits per heavy atom. The molecule has 1 aromatic carbocycles. The van der Waals surface area contributed by atoms with Gasteiger partial charge >= 0.3 is 0 Å². The summed E-state index contributed by atoms with van der Waals surface area (Å²) in [5.74, 6) is -0.194. The molecule has 0 aliphatic heterocycles. The molecule has 0 atom stereocenters. The molecule has 0 saturated carbocycles. The number of hydrogen-bond acceptors (Lipinski definition) is 4. The van der Waals surface area contributed by atoms with Crippen LogP contribution in [0.15, 0.2) is 67.0 Å². The fourth-order valence-electron chi connectivity index (χ4n) is 2.42. The Hall–Kier alpha value is -2.92. The van der Waals surface area contributed by atoms with Crippen LogP contribution in [-0.4, -0.2) is 22.4 Å². The highest BCUT2D eigenvalue weighted by molar-refractivity contribution is 6.30. The van der Waals surface area contributed by atoms with Crippen LogP contribution in [0.25, 0.3) is 0 Å². The molecule has 132 valence electrons. The number of amides is 1. The van der Waals surface area contributed by atoms with Crippen LogP contribution in [-0.2, 0) is 13.0 Å². The Bertz CT molecular complexity index is 853. The number of hydrogen-bond donors (Lipinski definition) is 2. The number of rotatable bonds is 7. The van der Waals surface area contributed by atoms with E-state index in [0.717, 1.165) is 23.4 Å². The molecule has 2 heterocycles. The minimum Gasteiger partial charge on any atom is -0.379 e. The van der Waals surface area contributed by atoms with Gasteiger partial charge in [-0.05, 0) is 48.4 Å². The molecule has 2 N–H and O–H groups in total. The summed E-state index contributed by atoms with van der Waals surface area (Å²) in [5, 5.41) is 6.84. The van der Waals surface area contributed by atoms with E-state index in [2.05, 4.69) is 20.6 Å². The molecule has 1 amide bonds. The molecule has 0 saturated heterocycles. The zero-order valence-electron chi connectivity index (χ0n) is 14.2. The van der Waals surface area contributed by atoms with Crippen LogP contribution in [0.2, 0.25) is 5.02 Å². The molecule has 0 radical (unpaired) electrons. The standard InChI is InChI=1S/C20H19ClN4O/c21-16-6-4-15(5-7-16)8-11-24-20(26)19-13-17(9-12-23-19)25-14-18-3-1-2-10-22-18/h1-7,9-10,12-13H,8,11,14H2,(H,23,25)(H,24,26). The molecular weight excluding hydrogens is 348 g/mol. The first kappa shape index (κ1) is 17.9. The number of anilines is 1. The van der Waals surface area contributed by atoms with Crippen molar-refractivity contribution >= 4 is 23.2 Å². The van der Waals surface area contributed by atoms with Gasteiger partial charge in [0.05, 0.1) is 12.2 Å². The van der Waals surface area contributed by atoms with Gasteiger partial charge in [0.25, 0.3) is 5.91 Å². The molecule has 5 nitrogen and oxygen atoms in total. The number of nitrogens with one attached hydrogen (secondary N) is 2. The summed E-state index contributed by atoms with van der Waals surface area (Å²) in [6, 6.07) is 16.9. The van der Waals surface area contributed by atoms with Gasteiger partial charge in [0.1, 0.15) is 5.69 Å². The molecule has 0 fully saturated rings. The summed E-state index contributed by atoms with van der Waals surface area (Å²) in [5.41, 5.74) is 3.26. The molecule has 0 aliphatic carbocycles. The third-order valence-corrected chi connectivity index (χ3v) is 4.06. The van der Waals surface area contributed by atoms with E-state index in [-0.39, 0.29) is 5.91 Å². The molecular formula is C20H19ClN4O. The van der Waals surface area contributed by atoms with Crippen molar-refractivity contribution in [2.45, 2.75) is 13.0 Å². The fraction of sp³-hybridized carbons (Fsp3) is 0.150. The van der Waals surface area contributed by atoms with Gasteiger partial charge in [-0.25, -0.2) is 0 Å². The summed E-state index contributed by atoms with van der Waals surface area (Å²) in [4.78, 5) is 20.7. The lowest BCUT2D eigenvalue weighted by Gasteiger charge is -2.08. The second kappa shape index (κ2) is 8.97. The van der Waals surface area contributed by atoms with Crippen molar-refractivity contribution in [3.63, 3.8) is 0 Å². The maximum Gasteiger partial charge on any atom is 0.269 e. The first-order valence-corrected chi connectivity index (χ1v) is 8.71. The predicted octanol–water partition coefficient (Wildman–Crippen LogP) is 3.71. The molecule has 2 aromatic heterocycles. The van der Waals surface area contributed by atoms with E-state index in [1.807, 2.05) is 48.5 Å². The highest BCUT2D eigenvalue weighted by Crippen LogP contribution is 2.11. The highest BCUT2D eigenvalue weighted by atomic mass is 35.5. The number of pyridine rings is 2. The molecule has 6 heteroatoms. The maximum absolute atomic E-state index is 12.3. The van der Waals surface area contributed by atoms with E-state index in [1.165, 1.54) is 0 Å². The monoisotopic (exact) mass is 366 g/mol. The quantitative estimate of drug-likeness (QED) is 0.668. The lowest BCUT2D eigenvalue weighted by molar-refractivity contribution is 0.0949. The Balaban J connectivity index is 1.51.